The molecule has 0 fully saturated rings. The van der Waals surface area contributed by atoms with Gasteiger partial charge < -0.3 is 10.0 Å². The molecule has 7 heteroatoms. The number of halogens is 3. The second kappa shape index (κ2) is 4.09. The van der Waals surface area contributed by atoms with Crippen LogP contribution in [0.1, 0.15) is 9.67 Å². The molecule has 1 heterocycles. The monoisotopic (exact) mass is 239 g/mol. The average Bonchev–Trinajstić information content (AvgIpc) is 2.47. The number of anilines is 1. The van der Waals surface area contributed by atoms with Gasteiger partial charge in [0.05, 0.1) is 5.00 Å². The molecule has 0 aliphatic heterocycles. The highest BCUT2D eigenvalue weighted by molar-refractivity contribution is 7.17. The number of carboxylic acids is 1. The standard InChI is InChI=1S/C8H8F3NO2S/c1-12(4-8(9,10)11)6-3-2-5(15-6)7(13)14/h2-3H,4H2,1H3,(H,13,14). The third-order valence-electron chi connectivity index (χ3n) is 1.60. The normalized spacial score (nSPS) is 11.5. The van der Waals surface area contributed by atoms with Crippen molar-refractivity contribution in [2.75, 3.05) is 18.5 Å². The fraction of sp³-hybridized carbons (Fsp3) is 0.375. The summed E-state index contributed by atoms with van der Waals surface area (Å²) < 4.78 is 36.0. The summed E-state index contributed by atoms with van der Waals surface area (Å²) in [5.41, 5.74) is 0. The zero-order valence-electron chi connectivity index (χ0n) is 7.71. The number of alkyl halides is 3. The lowest BCUT2D eigenvalue weighted by atomic mass is 10.4. The van der Waals surface area contributed by atoms with Crippen LogP contribution >= 0.6 is 11.3 Å². The van der Waals surface area contributed by atoms with Crippen molar-refractivity contribution >= 4 is 22.3 Å². The Labute approximate surface area is 87.7 Å². The van der Waals surface area contributed by atoms with E-state index in [1.165, 1.54) is 19.2 Å². The molecule has 0 saturated heterocycles. The van der Waals surface area contributed by atoms with Gasteiger partial charge in [0.15, 0.2) is 0 Å². The molecule has 1 aromatic rings. The van der Waals surface area contributed by atoms with E-state index in [4.69, 9.17) is 5.11 Å². The topological polar surface area (TPSA) is 40.5 Å². The van der Waals surface area contributed by atoms with Gasteiger partial charge in [-0.05, 0) is 12.1 Å². The van der Waals surface area contributed by atoms with E-state index >= 15 is 0 Å². The molecule has 0 amide bonds. The minimum absolute atomic E-state index is 0.0269. The summed E-state index contributed by atoms with van der Waals surface area (Å²) in [6.45, 7) is -1.09. The quantitative estimate of drug-likeness (QED) is 0.880. The minimum Gasteiger partial charge on any atom is -0.477 e. The first-order valence-corrected chi connectivity index (χ1v) is 4.72. The fourth-order valence-corrected chi connectivity index (χ4v) is 1.80. The van der Waals surface area contributed by atoms with Crippen LogP contribution in [0.25, 0.3) is 0 Å². The number of hydrogen-bond acceptors (Lipinski definition) is 3. The lowest BCUT2D eigenvalue weighted by Gasteiger charge is -2.18. The zero-order valence-corrected chi connectivity index (χ0v) is 8.52. The van der Waals surface area contributed by atoms with Crippen LogP contribution in [0.2, 0.25) is 0 Å². The minimum atomic E-state index is -4.29. The molecular formula is C8H8F3NO2S. The number of hydrogen-bond donors (Lipinski definition) is 1. The smallest absolute Gasteiger partial charge is 0.405 e. The largest absolute Gasteiger partial charge is 0.477 e. The van der Waals surface area contributed by atoms with Crippen molar-refractivity contribution in [2.45, 2.75) is 6.18 Å². The summed E-state index contributed by atoms with van der Waals surface area (Å²) >= 11 is 0.816. The van der Waals surface area contributed by atoms with E-state index in [0.29, 0.717) is 0 Å². The van der Waals surface area contributed by atoms with E-state index < -0.39 is 18.7 Å². The van der Waals surface area contributed by atoms with Crippen molar-refractivity contribution in [3.05, 3.63) is 17.0 Å². The molecule has 0 radical (unpaired) electrons. The molecule has 0 aliphatic carbocycles. The molecule has 0 unspecified atom stereocenters. The Morgan fingerprint density at radius 1 is 1.53 bits per heavy atom. The molecule has 0 saturated carbocycles. The predicted octanol–water partition coefficient (Wildman–Crippen LogP) is 2.44. The maximum atomic E-state index is 12.0. The highest BCUT2D eigenvalue weighted by Gasteiger charge is 2.29. The van der Waals surface area contributed by atoms with E-state index in [2.05, 4.69) is 0 Å². The Morgan fingerprint density at radius 3 is 2.53 bits per heavy atom. The molecule has 1 aromatic heterocycles. The Kier molecular flexibility index (Phi) is 3.23. The molecule has 0 aliphatic rings. The fourth-order valence-electron chi connectivity index (χ4n) is 0.995. The Hall–Kier alpha value is -1.24. The first-order chi connectivity index (χ1) is 6.79. The van der Waals surface area contributed by atoms with E-state index in [1.807, 2.05) is 0 Å². The first-order valence-electron chi connectivity index (χ1n) is 3.90. The van der Waals surface area contributed by atoms with Crippen molar-refractivity contribution < 1.29 is 23.1 Å². The Morgan fingerprint density at radius 2 is 2.13 bits per heavy atom. The zero-order chi connectivity index (χ0) is 11.6. The van der Waals surface area contributed by atoms with Gasteiger partial charge in [0.1, 0.15) is 11.4 Å². The van der Waals surface area contributed by atoms with Crippen LogP contribution in [0.15, 0.2) is 12.1 Å². The van der Waals surface area contributed by atoms with Gasteiger partial charge in [-0.3, -0.25) is 0 Å². The van der Waals surface area contributed by atoms with Crippen molar-refractivity contribution in [1.29, 1.82) is 0 Å². The van der Waals surface area contributed by atoms with Crippen molar-refractivity contribution in [3.8, 4) is 0 Å². The van der Waals surface area contributed by atoms with Crippen LogP contribution in [0.3, 0.4) is 0 Å². The number of carbonyl (C=O) groups is 1. The van der Waals surface area contributed by atoms with E-state index in [0.717, 1.165) is 16.2 Å². The second-order valence-corrected chi connectivity index (χ2v) is 3.98. The van der Waals surface area contributed by atoms with Crippen LogP contribution in [0.4, 0.5) is 18.2 Å². The number of rotatable bonds is 3. The maximum Gasteiger partial charge on any atom is 0.405 e. The van der Waals surface area contributed by atoms with Gasteiger partial charge in [-0.2, -0.15) is 13.2 Å². The Bertz CT molecular complexity index is 361. The van der Waals surface area contributed by atoms with E-state index in [9.17, 15) is 18.0 Å². The highest BCUT2D eigenvalue weighted by Crippen LogP contribution is 2.27. The van der Waals surface area contributed by atoms with Crippen molar-refractivity contribution in [3.63, 3.8) is 0 Å². The molecule has 0 atom stereocenters. The summed E-state index contributed by atoms with van der Waals surface area (Å²) in [5, 5.41) is 8.86. The molecule has 1 rings (SSSR count). The summed E-state index contributed by atoms with van der Waals surface area (Å²) in [6, 6.07) is 2.65. The molecule has 84 valence electrons. The third-order valence-corrected chi connectivity index (χ3v) is 2.78. The first kappa shape index (κ1) is 11.8. The van der Waals surface area contributed by atoms with E-state index in [1.54, 1.807) is 0 Å². The van der Waals surface area contributed by atoms with Gasteiger partial charge in [-0.15, -0.1) is 11.3 Å². The summed E-state index contributed by atoms with van der Waals surface area (Å²) in [4.78, 5) is 11.5. The predicted molar refractivity (Wildman–Crippen MR) is 50.6 cm³/mol. The summed E-state index contributed by atoms with van der Waals surface area (Å²) in [7, 11) is 1.27. The van der Waals surface area contributed by atoms with Gasteiger partial charge >= 0.3 is 12.1 Å². The molecule has 0 aromatic carbocycles. The lowest BCUT2D eigenvalue weighted by Crippen LogP contribution is -2.30. The van der Waals surface area contributed by atoms with Gasteiger partial charge in [0.2, 0.25) is 0 Å². The second-order valence-electron chi connectivity index (χ2n) is 2.91. The van der Waals surface area contributed by atoms with Gasteiger partial charge in [-0.1, -0.05) is 0 Å². The van der Waals surface area contributed by atoms with Crippen LogP contribution < -0.4 is 4.90 Å². The van der Waals surface area contributed by atoms with E-state index in [-0.39, 0.29) is 9.88 Å². The van der Waals surface area contributed by atoms with Gasteiger partial charge in [0.25, 0.3) is 0 Å². The van der Waals surface area contributed by atoms with Crippen LogP contribution in [0.5, 0.6) is 0 Å². The SMILES string of the molecule is CN(CC(F)(F)F)c1ccc(C(=O)O)s1. The summed E-state index contributed by atoms with van der Waals surface area (Å²) in [6.07, 6.45) is -4.29. The molecule has 3 nitrogen and oxygen atoms in total. The molecule has 0 spiro atoms. The molecule has 1 N–H and O–H groups in total. The van der Waals surface area contributed by atoms with Crippen molar-refractivity contribution in [2.24, 2.45) is 0 Å². The number of carboxylic acid groups (broad SMARTS) is 1. The Balaban J connectivity index is 2.74. The van der Waals surface area contributed by atoms with Gasteiger partial charge in [-0.25, -0.2) is 4.79 Å². The van der Waals surface area contributed by atoms with Gasteiger partial charge in [0, 0.05) is 7.05 Å². The summed E-state index contributed by atoms with van der Waals surface area (Å²) in [5.74, 6) is -1.13. The number of aromatic carboxylic acids is 1. The van der Waals surface area contributed by atoms with Crippen molar-refractivity contribution in [1.82, 2.24) is 0 Å². The van der Waals surface area contributed by atoms with Crippen LogP contribution in [0, 0.1) is 0 Å². The van der Waals surface area contributed by atoms with Crippen LogP contribution in [-0.2, 0) is 0 Å². The maximum absolute atomic E-state index is 12.0. The average molecular weight is 239 g/mol. The van der Waals surface area contributed by atoms with Crippen LogP contribution in [-0.4, -0.2) is 30.8 Å². The lowest BCUT2D eigenvalue weighted by molar-refractivity contribution is -0.119. The molecular weight excluding hydrogens is 231 g/mol. The molecule has 0 bridgehead atoms. The third kappa shape index (κ3) is 3.43. The number of nitrogens with zero attached hydrogens (tertiary/aromatic N) is 1. The molecule has 15 heavy (non-hydrogen) atoms. The highest BCUT2D eigenvalue weighted by atomic mass is 32.1. The number of thiophene rings is 1.